The summed E-state index contributed by atoms with van der Waals surface area (Å²) in [5.41, 5.74) is 4.08. The van der Waals surface area contributed by atoms with Gasteiger partial charge in [0.25, 0.3) is 20.0 Å². The van der Waals surface area contributed by atoms with Crippen molar-refractivity contribution in [2.45, 2.75) is 88.8 Å². The first-order chi connectivity index (χ1) is 26.8. The van der Waals surface area contributed by atoms with Crippen molar-refractivity contribution in [3.05, 3.63) is 94.0 Å². The van der Waals surface area contributed by atoms with Gasteiger partial charge in [0.2, 0.25) is 0 Å². The van der Waals surface area contributed by atoms with Crippen molar-refractivity contribution in [2.75, 3.05) is 23.7 Å². The monoisotopic (exact) mass is 904 g/mol. The Labute approximate surface area is 351 Å². The summed E-state index contributed by atoms with van der Waals surface area (Å²) in [5.74, 6) is 1.69. The number of sulfonamides is 2. The summed E-state index contributed by atoms with van der Waals surface area (Å²) in [6.45, 7) is 3.92. The summed E-state index contributed by atoms with van der Waals surface area (Å²) in [6, 6.07) is 21.3. The Bertz CT molecular complexity index is 2570. The predicted molar refractivity (Wildman–Crippen MR) is 235 cm³/mol. The lowest BCUT2D eigenvalue weighted by atomic mass is 9.84. The van der Waals surface area contributed by atoms with Crippen LogP contribution in [-0.2, 0) is 32.9 Å². The fourth-order valence-corrected chi connectivity index (χ4v) is 8.55. The topological polar surface area (TPSA) is 203 Å². The molecule has 0 saturated heterocycles. The van der Waals surface area contributed by atoms with Crippen molar-refractivity contribution in [3.8, 4) is 11.5 Å². The maximum absolute atomic E-state index is 12.9. The molecule has 2 fully saturated rings. The summed E-state index contributed by atoms with van der Waals surface area (Å²) in [6.07, 6.45) is 5.81. The Hall–Kier alpha value is -4.62. The van der Waals surface area contributed by atoms with E-state index in [2.05, 4.69) is 35.7 Å². The number of ether oxygens (including phenoxy) is 2. The molecule has 316 valence electrons. The number of anilines is 2. The first-order valence-corrected chi connectivity index (χ1v) is 21.7. The average Bonchev–Trinajstić information content (AvgIpc) is 4.14. The van der Waals surface area contributed by atoms with E-state index in [4.69, 9.17) is 28.6 Å². The highest BCUT2D eigenvalue weighted by atomic mass is 79.9. The molecule has 6 aromatic rings. The molecule has 0 spiro atoms. The van der Waals surface area contributed by atoms with Crippen LogP contribution in [0.3, 0.4) is 0 Å². The SMILES string of the molecule is C.C.CCc1ccc(OC)c(S(=O)(=O)Nc2noc3cc(Br)ccc23)c1.CCc1ccc(OC)c(S(=O)(=O)Nc2noc3cc(C4CC4)ccc23)c1.OB(O)C1CC1.[HH].[HH]. The second-order valence-electron chi connectivity index (χ2n) is 13.4. The van der Waals surface area contributed by atoms with Crippen molar-refractivity contribution in [2.24, 2.45) is 0 Å². The Morgan fingerprint density at radius 1 is 0.724 bits per heavy atom. The molecule has 0 unspecified atom stereocenters. The number of aryl methyl sites for hydroxylation is 2. The van der Waals surface area contributed by atoms with Crippen LogP contribution in [0.25, 0.3) is 21.9 Å². The van der Waals surface area contributed by atoms with Crippen molar-refractivity contribution < 1.29 is 48.3 Å². The smallest absolute Gasteiger partial charge is 0.454 e. The molecule has 2 heterocycles. The number of nitrogens with zero attached hydrogens (tertiary/aromatic N) is 2. The second-order valence-corrected chi connectivity index (χ2v) is 17.6. The highest BCUT2D eigenvalue weighted by Gasteiger charge is 2.33. The summed E-state index contributed by atoms with van der Waals surface area (Å²) in [7, 11) is -5.89. The highest BCUT2D eigenvalue weighted by molar-refractivity contribution is 9.10. The lowest BCUT2D eigenvalue weighted by Gasteiger charge is -2.11. The van der Waals surface area contributed by atoms with Gasteiger partial charge in [-0.2, -0.15) is 0 Å². The molecule has 58 heavy (non-hydrogen) atoms. The van der Waals surface area contributed by atoms with E-state index in [1.807, 2.05) is 44.2 Å². The zero-order valence-corrected chi connectivity index (χ0v) is 34.4. The number of hydrogen-bond acceptors (Lipinski definition) is 12. The van der Waals surface area contributed by atoms with Crippen LogP contribution in [0.15, 0.2) is 96.1 Å². The van der Waals surface area contributed by atoms with Gasteiger partial charge < -0.3 is 28.6 Å². The molecule has 0 atom stereocenters. The van der Waals surface area contributed by atoms with Crippen molar-refractivity contribution >= 4 is 76.7 Å². The van der Waals surface area contributed by atoms with Gasteiger partial charge in [0.15, 0.2) is 22.8 Å². The van der Waals surface area contributed by atoms with Crippen LogP contribution in [0.2, 0.25) is 5.82 Å². The molecule has 0 radical (unpaired) electrons. The molecule has 0 aliphatic heterocycles. The molecular formula is C40H54BBrN4O10S2. The van der Waals surface area contributed by atoms with Crippen LogP contribution >= 0.6 is 15.9 Å². The van der Waals surface area contributed by atoms with Crippen LogP contribution in [-0.4, -0.2) is 58.5 Å². The molecule has 4 aromatic carbocycles. The molecular weight excluding hydrogens is 851 g/mol. The van der Waals surface area contributed by atoms with Gasteiger partial charge in [-0.15, -0.1) is 0 Å². The van der Waals surface area contributed by atoms with E-state index in [1.165, 1.54) is 32.6 Å². The molecule has 14 nitrogen and oxygen atoms in total. The normalized spacial score (nSPS) is 13.5. The number of nitrogens with one attached hydrogen (secondary N) is 2. The average molecular weight is 906 g/mol. The first kappa shape index (κ1) is 46.1. The minimum absolute atomic E-state index is 0. The Morgan fingerprint density at radius 2 is 1.19 bits per heavy atom. The number of rotatable bonds is 12. The number of hydrogen-bond donors (Lipinski definition) is 4. The lowest BCUT2D eigenvalue weighted by molar-refractivity contribution is 0.402. The number of methoxy groups -OCH3 is 2. The summed E-state index contributed by atoms with van der Waals surface area (Å²) in [5, 5.41) is 25.5. The van der Waals surface area contributed by atoms with Gasteiger partial charge in [-0.1, -0.05) is 86.0 Å². The van der Waals surface area contributed by atoms with Gasteiger partial charge in [0, 0.05) is 7.33 Å². The number of fused-ring (bicyclic) bond motifs is 2. The quantitative estimate of drug-likeness (QED) is 0.0849. The third-order valence-electron chi connectivity index (χ3n) is 9.34. The van der Waals surface area contributed by atoms with Crippen LogP contribution in [0, 0.1) is 0 Å². The van der Waals surface area contributed by atoms with Crippen molar-refractivity contribution in [1.82, 2.24) is 10.3 Å². The summed E-state index contributed by atoms with van der Waals surface area (Å²) < 4.78 is 78.1. The van der Waals surface area contributed by atoms with Crippen LogP contribution < -0.4 is 18.9 Å². The van der Waals surface area contributed by atoms with Crippen LogP contribution in [0.1, 0.15) is 79.8 Å². The number of benzene rings is 4. The van der Waals surface area contributed by atoms with Crippen molar-refractivity contribution in [3.63, 3.8) is 0 Å². The maximum Gasteiger partial charge on any atom is 0.454 e. The Morgan fingerprint density at radius 3 is 1.59 bits per heavy atom. The molecule has 2 aliphatic rings. The largest absolute Gasteiger partial charge is 0.495 e. The zero-order valence-electron chi connectivity index (χ0n) is 31.2. The Balaban J connectivity index is 0.000000343. The summed E-state index contributed by atoms with van der Waals surface area (Å²) in [4.78, 5) is 0.155. The third-order valence-corrected chi connectivity index (χ3v) is 12.5. The lowest BCUT2D eigenvalue weighted by Crippen LogP contribution is -2.15. The minimum atomic E-state index is -3.87. The molecule has 2 aromatic heterocycles. The van der Waals surface area contributed by atoms with E-state index >= 15 is 0 Å². The second kappa shape index (κ2) is 19.4. The van der Waals surface area contributed by atoms with E-state index < -0.39 is 27.2 Å². The fourth-order valence-electron chi connectivity index (χ4n) is 5.74. The standard InChI is InChI=1S/C19H20N2O4S.C16H15BrN2O4S.C3H7BO2.2CH4.2H2/c1-3-12-4-9-16(24-2)18(10-12)26(22,23)21-19-15-8-7-14(13-5-6-13)11-17(15)25-20-19;1-3-10-4-7-13(22-2)15(8-10)24(20,21)19-16-12-6-5-11(17)9-14(12)23-18-16;5-4(6)3-1-2-3;;;;/h4,7-11,13H,3,5-6H2,1-2H3,(H,20,21);4-9H,3H2,1-2H3,(H,18,19);3,5-6H,1-2H2;2*1H4;2*1H. The molecule has 2 saturated carbocycles. The number of aromatic nitrogens is 2. The third kappa shape index (κ3) is 10.9. The minimum Gasteiger partial charge on any atom is -0.495 e. The fraction of sp³-hybridized carbons (Fsp3) is 0.350. The molecule has 2 aliphatic carbocycles. The van der Waals surface area contributed by atoms with Gasteiger partial charge >= 0.3 is 7.12 Å². The van der Waals surface area contributed by atoms with Gasteiger partial charge in [-0.05, 0) is 109 Å². The predicted octanol–water partition coefficient (Wildman–Crippen LogP) is 9.43. The molecule has 0 bridgehead atoms. The highest BCUT2D eigenvalue weighted by Crippen LogP contribution is 2.42. The van der Waals surface area contributed by atoms with E-state index in [-0.39, 0.29) is 50.7 Å². The van der Waals surface area contributed by atoms with Gasteiger partial charge in [0.1, 0.15) is 21.3 Å². The van der Waals surface area contributed by atoms with E-state index in [9.17, 15) is 16.8 Å². The van der Waals surface area contributed by atoms with Crippen LogP contribution in [0.5, 0.6) is 11.5 Å². The molecule has 4 N–H and O–H groups in total. The maximum atomic E-state index is 12.9. The number of halogens is 1. The molecule has 8 rings (SSSR count). The Kier molecular flexibility index (Phi) is 15.4. The van der Waals surface area contributed by atoms with Gasteiger partial charge in [0.05, 0.1) is 25.0 Å². The van der Waals surface area contributed by atoms with Gasteiger partial charge in [-0.3, -0.25) is 9.44 Å². The zero-order chi connectivity index (χ0) is 40.2. The van der Waals surface area contributed by atoms with Crippen LogP contribution in [0.4, 0.5) is 11.6 Å². The van der Waals surface area contributed by atoms with E-state index in [0.717, 1.165) is 34.9 Å². The van der Waals surface area contributed by atoms with E-state index in [1.54, 1.807) is 42.5 Å². The first-order valence-electron chi connectivity index (χ1n) is 18.0. The van der Waals surface area contributed by atoms with Crippen molar-refractivity contribution in [1.29, 1.82) is 0 Å². The van der Waals surface area contributed by atoms with Gasteiger partial charge in [-0.25, -0.2) is 16.8 Å². The van der Waals surface area contributed by atoms with E-state index in [0.29, 0.717) is 40.0 Å². The summed E-state index contributed by atoms with van der Waals surface area (Å²) >= 11 is 3.33. The molecule has 18 heteroatoms. The molecule has 0 amide bonds.